The fraction of sp³-hybridized carbons (Fsp3) is 0.286. The Labute approximate surface area is 167 Å². The number of aliphatic carboxylic acids is 1. The van der Waals surface area contributed by atoms with Crippen molar-refractivity contribution in [3.05, 3.63) is 53.6 Å². The van der Waals surface area contributed by atoms with Crippen molar-refractivity contribution in [1.29, 1.82) is 0 Å². The molecule has 152 valence electrons. The van der Waals surface area contributed by atoms with Gasteiger partial charge < -0.3 is 25.2 Å². The number of carboxylic acid groups (broad SMARTS) is 1. The van der Waals surface area contributed by atoms with Crippen LogP contribution in [0, 0.1) is 0 Å². The molecule has 2 aromatic rings. The molecule has 0 aliphatic carbocycles. The van der Waals surface area contributed by atoms with Gasteiger partial charge in [0.15, 0.2) is 0 Å². The van der Waals surface area contributed by atoms with Crippen molar-refractivity contribution in [3.8, 4) is 11.5 Å². The topological polar surface area (TPSA) is 114 Å². The van der Waals surface area contributed by atoms with Gasteiger partial charge in [-0.05, 0) is 23.8 Å². The molecule has 1 aliphatic rings. The number of methoxy groups -OCH3 is 2. The fourth-order valence-electron chi connectivity index (χ4n) is 3.44. The Hall–Kier alpha value is -3.55. The summed E-state index contributed by atoms with van der Waals surface area (Å²) in [4.78, 5) is 36.5. The standard InChI is InChI=1S/C21H22N2O6/c1-28-12-7-8-14(18(9-12)29-2)17(11-20(25)26)23-21(27)15-10-19(24)22-16-6-4-3-5-13(15)16/h3-9,15,17H,10-11H2,1-2H3,(H,22,24)(H,23,27)(H,25,26). The van der Waals surface area contributed by atoms with Gasteiger partial charge in [-0.2, -0.15) is 0 Å². The summed E-state index contributed by atoms with van der Waals surface area (Å²) >= 11 is 0. The average molecular weight is 398 g/mol. The summed E-state index contributed by atoms with van der Waals surface area (Å²) in [6, 6.07) is 11.2. The highest BCUT2D eigenvalue weighted by atomic mass is 16.5. The van der Waals surface area contributed by atoms with E-state index in [4.69, 9.17) is 9.47 Å². The van der Waals surface area contributed by atoms with E-state index >= 15 is 0 Å². The third-order valence-electron chi connectivity index (χ3n) is 4.83. The molecule has 3 N–H and O–H groups in total. The van der Waals surface area contributed by atoms with Gasteiger partial charge in [-0.15, -0.1) is 0 Å². The maximum absolute atomic E-state index is 13.0. The number of amides is 2. The largest absolute Gasteiger partial charge is 0.497 e. The molecule has 0 bridgehead atoms. The first kappa shape index (κ1) is 20.2. The van der Waals surface area contributed by atoms with Gasteiger partial charge in [0.1, 0.15) is 11.5 Å². The van der Waals surface area contributed by atoms with Gasteiger partial charge in [-0.3, -0.25) is 14.4 Å². The molecule has 0 saturated carbocycles. The van der Waals surface area contributed by atoms with Gasteiger partial charge in [-0.25, -0.2) is 0 Å². The Morgan fingerprint density at radius 2 is 1.97 bits per heavy atom. The number of nitrogens with one attached hydrogen (secondary N) is 2. The molecule has 1 heterocycles. The number of carbonyl (C=O) groups is 3. The van der Waals surface area contributed by atoms with Crippen LogP contribution in [-0.4, -0.2) is 37.1 Å². The second kappa shape index (κ2) is 8.64. The summed E-state index contributed by atoms with van der Waals surface area (Å²) < 4.78 is 10.5. The summed E-state index contributed by atoms with van der Waals surface area (Å²) in [5.74, 6) is -1.52. The quantitative estimate of drug-likeness (QED) is 0.660. The second-order valence-electron chi connectivity index (χ2n) is 6.66. The molecule has 2 amide bonds. The lowest BCUT2D eigenvalue weighted by Gasteiger charge is -2.27. The van der Waals surface area contributed by atoms with Gasteiger partial charge in [0, 0.05) is 23.7 Å². The summed E-state index contributed by atoms with van der Waals surface area (Å²) in [5.41, 5.74) is 1.79. The van der Waals surface area contributed by atoms with E-state index in [-0.39, 0.29) is 18.7 Å². The Morgan fingerprint density at radius 3 is 2.66 bits per heavy atom. The van der Waals surface area contributed by atoms with Crippen LogP contribution in [0.25, 0.3) is 0 Å². The maximum Gasteiger partial charge on any atom is 0.305 e. The number of para-hydroxylation sites is 1. The highest BCUT2D eigenvalue weighted by Gasteiger charge is 2.32. The van der Waals surface area contributed by atoms with Crippen molar-refractivity contribution in [3.63, 3.8) is 0 Å². The molecule has 1 aliphatic heterocycles. The van der Waals surface area contributed by atoms with E-state index in [1.807, 2.05) is 0 Å². The van der Waals surface area contributed by atoms with Crippen molar-refractivity contribution >= 4 is 23.5 Å². The zero-order valence-electron chi connectivity index (χ0n) is 16.1. The number of carboxylic acids is 1. The smallest absolute Gasteiger partial charge is 0.305 e. The summed E-state index contributed by atoms with van der Waals surface area (Å²) in [5, 5.41) is 14.9. The van der Waals surface area contributed by atoms with Crippen molar-refractivity contribution in [2.24, 2.45) is 0 Å². The van der Waals surface area contributed by atoms with Crippen molar-refractivity contribution in [2.45, 2.75) is 24.8 Å². The lowest BCUT2D eigenvalue weighted by molar-refractivity contribution is -0.138. The van der Waals surface area contributed by atoms with Crippen LogP contribution >= 0.6 is 0 Å². The number of ether oxygens (including phenoxy) is 2. The zero-order valence-corrected chi connectivity index (χ0v) is 16.1. The number of benzene rings is 2. The van der Waals surface area contributed by atoms with Crippen LogP contribution in [-0.2, 0) is 14.4 Å². The summed E-state index contributed by atoms with van der Waals surface area (Å²) in [6.07, 6.45) is -0.350. The molecule has 0 saturated heterocycles. The van der Waals surface area contributed by atoms with Crippen LogP contribution < -0.4 is 20.1 Å². The first-order valence-corrected chi connectivity index (χ1v) is 9.05. The first-order chi connectivity index (χ1) is 13.9. The van der Waals surface area contributed by atoms with Gasteiger partial charge in [0.05, 0.1) is 32.6 Å². The van der Waals surface area contributed by atoms with Crippen molar-refractivity contribution in [1.82, 2.24) is 5.32 Å². The average Bonchev–Trinajstić information content (AvgIpc) is 2.71. The normalized spacial score (nSPS) is 16.2. The molecule has 0 aromatic heterocycles. The van der Waals surface area contributed by atoms with E-state index in [0.717, 1.165) is 0 Å². The fourth-order valence-corrected chi connectivity index (χ4v) is 3.44. The molecule has 3 rings (SSSR count). The number of hydrogen-bond acceptors (Lipinski definition) is 5. The van der Waals surface area contributed by atoms with Crippen LogP contribution in [0.2, 0.25) is 0 Å². The molecule has 29 heavy (non-hydrogen) atoms. The molecule has 0 radical (unpaired) electrons. The molecule has 8 heteroatoms. The molecule has 2 unspecified atom stereocenters. The van der Waals surface area contributed by atoms with E-state index < -0.39 is 23.8 Å². The van der Waals surface area contributed by atoms with Gasteiger partial charge in [0.25, 0.3) is 0 Å². The highest BCUT2D eigenvalue weighted by Crippen LogP contribution is 2.35. The number of fused-ring (bicyclic) bond motifs is 1. The number of hydrogen-bond donors (Lipinski definition) is 3. The predicted molar refractivity (Wildman–Crippen MR) is 105 cm³/mol. The van der Waals surface area contributed by atoms with Gasteiger partial charge >= 0.3 is 5.97 Å². The van der Waals surface area contributed by atoms with Crippen molar-refractivity contribution in [2.75, 3.05) is 19.5 Å². The maximum atomic E-state index is 13.0. The minimum absolute atomic E-state index is 0.0115. The van der Waals surface area contributed by atoms with Gasteiger partial charge in [0.2, 0.25) is 11.8 Å². The van der Waals surface area contributed by atoms with E-state index in [1.165, 1.54) is 14.2 Å². The molecule has 0 fully saturated rings. The van der Waals surface area contributed by atoms with Crippen LogP contribution in [0.4, 0.5) is 5.69 Å². The highest BCUT2D eigenvalue weighted by molar-refractivity contribution is 6.01. The van der Waals surface area contributed by atoms with E-state index in [2.05, 4.69) is 10.6 Å². The minimum atomic E-state index is -1.07. The second-order valence-corrected chi connectivity index (χ2v) is 6.66. The Morgan fingerprint density at radius 1 is 1.21 bits per heavy atom. The lowest BCUT2D eigenvalue weighted by atomic mass is 9.89. The van der Waals surface area contributed by atoms with Crippen LogP contribution in [0.15, 0.2) is 42.5 Å². The Balaban J connectivity index is 1.91. The molecule has 8 nitrogen and oxygen atoms in total. The lowest BCUT2D eigenvalue weighted by Crippen LogP contribution is -2.37. The molecule has 2 aromatic carbocycles. The summed E-state index contributed by atoms with van der Waals surface area (Å²) in [6.45, 7) is 0. The van der Waals surface area contributed by atoms with Crippen LogP contribution in [0.1, 0.15) is 35.9 Å². The summed E-state index contributed by atoms with van der Waals surface area (Å²) in [7, 11) is 2.97. The zero-order chi connectivity index (χ0) is 21.0. The number of rotatable bonds is 7. The first-order valence-electron chi connectivity index (χ1n) is 9.05. The van der Waals surface area contributed by atoms with Crippen LogP contribution in [0.5, 0.6) is 11.5 Å². The third-order valence-corrected chi connectivity index (χ3v) is 4.83. The molecule has 2 atom stereocenters. The molecule has 0 spiro atoms. The van der Waals surface area contributed by atoms with Crippen LogP contribution in [0.3, 0.4) is 0 Å². The van der Waals surface area contributed by atoms with E-state index in [1.54, 1.807) is 42.5 Å². The van der Waals surface area contributed by atoms with Crippen molar-refractivity contribution < 1.29 is 29.0 Å². The SMILES string of the molecule is COc1ccc(C(CC(=O)O)NC(=O)C2CC(=O)Nc3ccccc32)c(OC)c1. The predicted octanol–water partition coefficient (Wildman–Crippen LogP) is 2.46. The number of carbonyl (C=O) groups excluding carboxylic acids is 2. The Kier molecular flexibility index (Phi) is 6.01. The van der Waals surface area contributed by atoms with Gasteiger partial charge in [-0.1, -0.05) is 18.2 Å². The minimum Gasteiger partial charge on any atom is -0.497 e. The Bertz CT molecular complexity index is 943. The molecular weight excluding hydrogens is 376 g/mol. The van der Waals surface area contributed by atoms with E-state index in [9.17, 15) is 19.5 Å². The molecular formula is C21H22N2O6. The number of anilines is 1. The third kappa shape index (κ3) is 4.48. The monoisotopic (exact) mass is 398 g/mol. The van der Waals surface area contributed by atoms with E-state index in [0.29, 0.717) is 28.3 Å².